The first-order valence-electron chi connectivity index (χ1n) is 6.91. The first-order valence-corrected chi connectivity index (χ1v) is 8.62. The molecule has 0 aromatic heterocycles. The zero-order valence-electron chi connectivity index (χ0n) is 11.2. The van der Waals surface area contributed by atoms with Crippen molar-refractivity contribution in [3.05, 3.63) is 33.3 Å². The van der Waals surface area contributed by atoms with Gasteiger partial charge in [-0.1, -0.05) is 30.5 Å². The molecule has 2 atom stereocenters. The maximum Gasteiger partial charge on any atom is 0.252 e. The molecule has 1 aliphatic rings. The molecule has 1 amide bonds. The van der Waals surface area contributed by atoms with E-state index in [4.69, 9.17) is 23.2 Å². The van der Waals surface area contributed by atoms with Crippen molar-refractivity contribution in [2.24, 2.45) is 11.8 Å². The van der Waals surface area contributed by atoms with E-state index in [2.05, 4.69) is 21.2 Å². The highest BCUT2D eigenvalue weighted by molar-refractivity contribution is 9.10. The number of hydrogen-bond donors (Lipinski definition) is 1. The van der Waals surface area contributed by atoms with Crippen molar-refractivity contribution in [1.29, 1.82) is 0 Å². The van der Waals surface area contributed by atoms with E-state index in [-0.39, 0.29) is 5.91 Å². The highest BCUT2D eigenvalue weighted by Crippen LogP contribution is 2.31. The van der Waals surface area contributed by atoms with Gasteiger partial charge in [0.25, 0.3) is 5.91 Å². The third-order valence-electron chi connectivity index (χ3n) is 3.99. The fourth-order valence-electron chi connectivity index (χ4n) is 2.75. The molecule has 0 heterocycles. The summed E-state index contributed by atoms with van der Waals surface area (Å²) in [4.78, 5) is 12.2. The highest BCUT2D eigenvalue weighted by Gasteiger charge is 2.25. The van der Waals surface area contributed by atoms with Gasteiger partial charge in [-0.05, 0) is 52.7 Å². The molecule has 5 heteroatoms. The standard InChI is InChI=1S/C15H18BrCl2NO/c16-13-7-3-6-12(14(13)18)15(20)19-9-11-5-2-1-4-10(11)8-17/h3,6-7,10-11H,1-2,4-5,8-9H2,(H,19,20). The molecule has 110 valence electrons. The molecule has 1 aromatic rings. The SMILES string of the molecule is O=C(NCC1CCCCC1CCl)c1cccc(Br)c1Cl. The molecule has 2 rings (SSSR count). The van der Waals surface area contributed by atoms with Crippen LogP contribution in [0.2, 0.25) is 5.02 Å². The maximum absolute atomic E-state index is 12.2. The molecule has 2 nitrogen and oxygen atoms in total. The number of alkyl halides is 1. The summed E-state index contributed by atoms with van der Waals surface area (Å²) in [6.45, 7) is 0.680. The molecule has 1 saturated carbocycles. The van der Waals surface area contributed by atoms with Crippen LogP contribution >= 0.6 is 39.1 Å². The topological polar surface area (TPSA) is 29.1 Å². The third-order valence-corrected chi connectivity index (χ3v) is 5.68. The Balaban J connectivity index is 1.96. The van der Waals surface area contributed by atoms with Gasteiger partial charge >= 0.3 is 0 Å². The molecule has 20 heavy (non-hydrogen) atoms. The first kappa shape index (κ1) is 16.1. The summed E-state index contributed by atoms with van der Waals surface area (Å²) in [7, 11) is 0. The van der Waals surface area contributed by atoms with E-state index in [9.17, 15) is 4.79 Å². The summed E-state index contributed by atoms with van der Waals surface area (Å²) in [5, 5.41) is 3.46. The van der Waals surface area contributed by atoms with Crippen molar-refractivity contribution >= 4 is 45.0 Å². The number of benzene rings is 1. The summed E-state index contributed by atoms with van der Waals surface area (Å²) in [5.74, 6) is 1.56. The Hall–Kier alpha value is -0.250. The predicted molar refractivity (Wildman–Crippen MR) is 87.7 cm³/mol. The van der Waals surface area contributed by atoms with Crippen molar-refractivity contribution in [2.45, 2.75) is 25.7 Å². The molecule has 0 spiro atoms. The van der Waals surface area contributed by atoms with E-state index in [0.717, 1.165) is 10.9 Å². The van der Waals surface area contributed by atoms with Gasteiger partial charge in [-0.3, -0.25) is 4.79 Å². The van der Waals surface area contributed by atoms with Crippen LogP contribution in [0.4, 0.5) is 0 Å². The number of carbonyl (C=O) groups excluding carboxylic acids is 1. The summed E-state index contributed by atoms with van der Waals surface area (Å²) in [6.07, 6.45) is 4.79. The van der Waals surface area contributed by atoms with Gasteiger partial charge < -0.3 is 5.32 Å². The summed E-state index contributed by atoms with van der Waals surface area (Å²) >= 11 is 15.5. The lowest BCUT2D eigenvalue weighted by atomic mass is 9.80. The summed E-state index contributed by atoms with van der Waals surface area (Å²) in [5.41, 5.74) is 0.513. The van der Waals surface area contributed by atoms with Crippen LogP contribution in [0.5, 0.6) is 0 Å². The Morgan fingerprint density at radius 2 is 2.00 bits per heavy atom. The minimum atomic E-state index is -0.116. The lowest BCUT2D eigenvalue weighted by Crippen LogP contribution is -2.35. The Morgan fingerprint density at radius 3 is 2.70 bits per heavy atom. The Labute approximate surface area is 138 Å². The van der Waals surface area contributed by atoms with E-state index in [1.807, 2.05) is 12.1 Å². The lowest BCUT2D eigenvalue weighted by molar-refractivity contribution is 0.0937. The molecule has 0 radical (unpaired) electrons. The predicted octanol–water partition coefficient (Wildman–Crippen LogP) is 4.88. The van der Waals surface area contributed by atoms with Gasteiger partial charge in [0.2, 0.25) is 0 Å². The van der Waals surface area contributed by atoms with Gasteiger partial charge in [0.15, 0.2) is 0 Å². The van der Waals surface area contributed by atoms with Crippen LogP contribution < -0.4 is 5.32 Å². The van der Waals surface area contributed by atoms with Gasteiger partial charge in [-0.2, -0.15) is 0 Å². The minimum absolute atomic E-state index is 0.116. The van der Waals surface area contributed by atoms with Crippen LogP contribution in [0.1, 0.15) is 36.0 Å². The lowest BCUT2D eigenvalue weighted by Gasteiger charge is -2.30. The molecular formula is C15H18BrCl2NO. The average molecular weight is 379 g/mol. The molecule has 0 aliphatic heterocycles. The van der Waals surface area contributed by atoms with Crippen LogP contribution in [0.25, 0.3) is 0 Å². The largest absolute Gasteiger partial charge is 0.352 e. The van der Waals surface area contributed by atoms with E-state index in [1.54, 1.807) is 6.07 Å². The number of nitrogens with one attached hydrogen (secondary N) is 1. The van der Waals surface area contributed by atoms with Gasteiger partial charge in [0.1, 0.15) is 0 Å². The average Bonchev–Trinajstić information content (AvgIpc) is 2.48. The van der Waals surface area contributed by atoms with E-state index >= 15 is 0 Å². The van der Waals surface area contributed by atoms with Crippen molar-refractivity contribution in [3.63, 3.8) is 0 Å². The number of halogens is 3. The van der Waals surface area contributed by atoms with Crippen LogP contribution in [0.3, 0.4) is 0 Å². The van der Waals surface area contributed by atoms with E-state index in [1.165, 1.54) is 19.3 Å². The third kappa shape index (κ3) is 3.90. The monoisotopic (exact) mass is 377 g/mol. The van der Waals surface area contributed by atoms with E-state index < -0.39 is 0 Å². The Bertz CT molecular complexity index is 481. The van der Waals surface area contributed by atoms with Crippen LogP contribution in [0, 0.1) is 11.8 Å². The molecule has 1 aliphatic carbocycles. The van der Waals surface area contributed by atoms with Gasteiger partial charge in [-0.25, -0.2) is 0 Å². The fraction of sp³-hybridized carbons (Fsp3) is 0.533. The fourth-order valence-corrected chi connectivity index (χ4v) is 3.74. The van der Waals surface area contributed by atoms with Crippen molar-refractivity contribution in [3.8, 4) is 0 Å². The quantitative estimate of drug-likeness (QED) is 0.743. The van der Waals surface area contributed by atoms with Gasteiger partial charge in [-0.15, -0.1) is 11.6 Å². The second-order valence-electron chi connectivity index (χ2n) is 5.27. The number of carbonyl (C=O) groups is 1. The second-order valence-corrected chi connectivity index (χ2v) is 6.81. The van der Waals surface area contributed by atoms with Crippen molar-refractivity contribution < 1.29 is 4.79 Å². The normalized spacial score (nSPS) is 22.6. The number of rotatable bonds is 4. The zero-order valence-corrected chi connectivity index (χ0v) is 14.3. The molecule has 2 unspecified atom stereocenters. The number of hydrogen-bond acceptors (Lipinski definition) is 1. The maximum atomic E-state index is 12.2. The Kier molecular flexibility index (Phi) is 6.19. The molecule has 1 fully saturated rings. The number of amides is 1. The smallest absolute Gasteiger partial charge is 0.252 e. The summed E-state index contributed by atoms with van der Waals surface area (Å²) < 4.78 is 0.739. The van der Waals surface area contributed by atoms with Crippen LogP contribution in [-0.2, 0) is 0 Å². The van der Waals surface area contributed by atoms with Crippen LogP contribution in [0.15, 0.2) is 22.7 Å². The van der Waals surface area contributed by atoms with Gasteiger partial charge in [0, 0.05) is 16.9 Å². The van der Waals surface area contributed by atoms with Crippen LogP contribution in [-0.4, -0.2) is 18.3 Å². The van der Waals surface area contributed by atoms with Crippen molar-refractivity contribution in [1.82, 2.24) is 5.32 Å². The van der Waals surface area contributed by atoms with E-state index in [0.29, 0.717) is 34.8 Å². The molecular weight excluding hydrogens is 361 g/mol. The molecule has 0 bridgehead atoms. The Morgan fingerprint density at radius 1 is 1.30 bits per heavy atom. The zero-order chi connectivity index (χ0) is 14.5. The molecule has 1 N–H and O–H groups in total. The van der Waals surface area contributed by atoms with Gasteiger partial charge in [0.05, 0.1) is 10.6 Å². The molecule has 0 saturated heterocycles. The summed E-state index contributed by atoms with van der Waals surface area (Å²) in [6, 6.07) is 5.37. The highest BCUT2D eigenvalue weighted by atomic mass is 79.9. The first-order chi connectivity index (χ1) is 9.63. The molecule has 1 aromatic carbocycles. The minimum Gasteiger partial charge on any atom is -0.352 e. The second kappa shape index (κ2) is 7.67. The van der Waals surface area contributed by atoms with Crippen molar-refractivity contribution in [2.75, 3.05) is 12.4 Å².